The number of carbonyl (C=O) groups excluding carboxylic acids is 1. The summed E-state index contributed by atoms with van der Waals surface area (Å²) in [6.07, 6.45) is 0. The van der Waals surface area contributed by atoms with Gasteiger partial charge < -0.3 is 0 Å². The van der Waals surface area contributed by atoms with Gasteiger partial charge in [-0.3, -0.25) is 0 Å². The second-order valence-corrected chi connectivity index (χ2v) is 6.13. The molecular weight excluding hydrogens is 286 g/mol. The van der Waals surface area contributed by atoms with E-state index in [9.17, 15) is 4.79 Å². The fraction of sp³-hybridized carbons (Fsp3) is 0.125. The molecule has 62 valence electrons. The first-order chi connectivity index (χ1) is 5.81. The van der Waals surface area contributed by atoms with Crippen molar-refractivity contribution in [3.05, 3.63) is 20.4 Å². The van der Waals surface area contributed by atoms with Crippen molar-refractivity contribution in [2.24, 2.45) is 0 Å². The summed E-state index contributed by atoms with van der Waals surface area (Å²) >= 11 is 0.738. The van der Waals surface area contributed by atoms with Crippen LogP contribution in [0.25, 0.3) is 9.65 Å². The molecule has 0 aromatic carbocycles. The first kappa shape index (κ1) is 8.33. The Labute approximate surface area is 81.6 Å². The third kappa shape index (κ3) is 1.32. The van der Waals surface area contributed by atoms with Crippen molar-refractivity contribution in [3.63, 3.8) is 0 Å². The second kappa shape index (κ2) is 3.23. The van der Waals surface area contributed by atoms with Crippen LogP contribution in [0, 0.1) is 0 Å². The number of esters is 1. The van der Waals surface area contributed by atoms with Crippen molar-refractivity contribution >= 4 is 44.6 Å². The monoisotopic (exact) mass is 294 g/mol. The maximum atomic E-state index is 11.1. The topological polar surface area (TPSA) is 26.3 Å². The predicted molar refractivity (Wildman–Crippen MR) is 49.2 cm³/mol. The number of hydrogen-bond donors (Lipinski definition) is 0. The van der Waals surface area contributed by atoms with Gasteiger partial charge >= 0.3 is 81.6 Å². The quantitative estimate of drug-likeness (QED) is 0.572. The molecule has 2 rings (SSSR count). The molecule has 2 heterocycles. The van der Waals surface area contributed by atoms with Gasteiger partial charge in [0.05, 0.1) is 0 Å². The standard InChI is InChI=1S/C8H6O2Se2/c1-10-8(9)6-2-5-3-11-4-7(5)12-6/h2-4H,1H3. The fourth-order valence-corrected chi connectivity index (χ4v) is 5.72. The molecule has 0 amide bonds. The van der Waals surface area contributed by atoms with E-state index in [2.05, 4.69) is 14.6 Å². The molecule has 0 aliphatic heterocycles. The first-order valence-electron chi connectivity index (χ1n) is 3.35. The van der Waals surface area contributed by atoms with Crippen molar-refractivity contribution in [3.8, 4) is 0 Å². The summed E-state index contributed by atoms with van der Waals surface area (Å²) in [5, 5.41) is 1.26. The molecule has 0 aliphatic carbocycles. The molecule has 2 nitrogen and oxygen atoms in total. The van der Waals surface area contributed by atoms with Gasteiger partial charge in [0.1, 0.15) is 0 Å². The van der Waals surface area contributed by atoms with Crippen molar-refractivity contribution in [1.29, 1.82) is 0 Å². The average Bonchev–Trinajstić information content (AvgIpc) is 2.60. The van der Waals surface area contributed by atoms with E-state index in [4.69, 9.17) is 0 Å². The SMILES string of the molecule is COC(=O)c1cc2c[se]cc2[se]1. The summed E-state index contributed by atoms with van der Waals surface area (Å²) in [6, 6.07) is 1.96. The van der Waals surface area contributed by atoms with E-state index >= 15 is 0 Å². The van der Waals surface area contributed by atoms with Crippen molar-refractivity contribution in [1.82, 2.24) is 0 Å². The maximum absolute atomic E-state index is 11.1. The van der Waals surface area contributed by atoms with Crippen LogP contribution < -0.4 is 0 Å². The molecule has 0 radical (unpaired) electrons. The summed E-state index contributed by atoms with van der Waals surface area (Å²) < 4.78 is 6.87. The van der Waals surface area contributed by atoms with E-state index in [1.807, 2.05) is 6.07 Å². The van der Waals surface area contributed by atoms with Gasteiger partial charge in [0.15, 0.2) is 0 Å². The zero-order valence-electron chi connectivity index (χ0n) is 6.37. The van der Waals surface area contributed by atoms with E-state index < -0.39 is 0 Å². The van der Waals surface area contributed by atoms with E-state index in [0.717, 1.165) is 4.44 Å². The number of methoxy groups -OCH3 is 1. The van der Waals surface area contributed by atoms with Gasteiger partial charge in [0.2, 0.25) is 0 Å². The Kier molecular flexibility index (Phi) is 2.24. The van der Waals surface area contributed by atoms with Crippen LogP contribution in [-0.4, -0.2) is 42.1 Å². The Morgan fingerprint density at radius 3 is 3.00 bits per heavy atom. The van der Waals surface area contributed by atoms with Gasteiger partial charge in [0, 0.05) is 0 Å². The van der Waals surface area contributed by atoms with E-state index in [-0.39, 0.29) is 20.5 Å². The van der Waals surface area contributed by atoms with Gasteiger partial charge in [0.25, 0.3) is 0 Å². The normalized spacial score (nSPS) is 10.4. The van der Waals surface area contributed by atoms with Gasteiger partial charge in [-0.2, -0.15) is 0 Å². The predicted octanol–water partition coefficient (Wildman–Crippen LogP) is 0.740. The molecule has 2 aromatic heterocycles. The van der Waals surface area contributed by atoms with Crippen LogP contribution in [-0.2, 0) is 4.74 Å². The number of carbonyl (C=O) groups is 1. The Morgan fingerprint density at radius 2 is 2.33 bits per heavy atom. The molecule has 0 unspecified atom stereocenters. The molecular formula is C8H6O2Se2. The Balaban J connectivity index is 2.51. The summed E-state index contributed by atoms with van der Waals surface area (Å²) in [5.74, 6) is -0.168. The second-order valence-electron chi connectivity index (χ2n) is 2.29. The van der Waals surface area contributed by atoms with Gasteiger partial charge in [-0.25, -0.2) is 0 Å². The van der Waals surface area contributed by atoms with Crippen LogP contribution in [0.3, 0.4) is 0 Å². The molecule has 0 fully saturated rings. The van der Waals surface area contributed by atoms with Gasteiger partial charge in [-0.05, 0) is 0 Å². The zero-order valence-corrected chi connectivity index (χ0v) is 9.79. The molecule has 0 aliphatic rings. The number of rotatable bonds is 1. The van der Waals surface area contributed by atoms with Crippen LogP contribution in [0.1, 0.15) is 9.23 Å². The molecule has 0 N–H and O–H groups in total. The van der Waals surface area contributed by atoms with Crippen LogP contribution >= 0.6 is 0 Å². The van der Waals surface area contributed by atoms with Crippen LogP contribution in [0.15, 0.2) is 15.9 Å². The third-order valence-electron chi connectivity index (χ3n) is 1.55. The van der Waals surface area contributed by atoms with Crippen molar-refractivity contribution < 1.29 is 9.53 Å². The Morgan fingerprint density at radius 1 is 1.50 bits per heavy atom. The van der Waals surface area contributed by atoms with Crippen molar-refractivity contribution in [2.45, 2.75) is 0 Å². The summed E-state index contributed by atoms with van der Waals surface area (Å²) in [7, 11) is 1.43. The van der Waals surface area contributed by atoms with Crippen LogP contribution in [0.5, 0.6) is 0 Å². The fourth-order valence-electron chi connectivity index (χ4n) is 0.974. The van der Waals surface area contributed by atoms with Crippen molar-refractivity contribution in [2.75, 3.05) is 7.11 Å². The molecule has 0 saturated heterocycles. The van der Waals surface area contributed by atoms with E-state index in [1.54, 1.807) is 0 Å². The molecule has 4 heteroatoms. The first-order valence-corrected chi connectivity index (χ1v) is 7.04. The van der Waals surface area contributed by atoms with Crippen LogP contribution in [0.2, 0.25) is 0 Å². The molecule has 0 spiro atoms. The molecule has 0 bridgehead atoms. The molecule has 12 heavy (non-hydrogen) atoms. The molecule has 0 atom stereocenters. The summed E-state index contributed by atoms with van der Waals surface area (Å²) in [4.78, 5) is 15.6. The zero-order chi connectivity index (χ0) is 8.55. The third-order valence-corrected chi connectivity index (χ3v) is 6.16. The number of ether oxygens (including phenoxy) is 1. The van der Waals surface area contributed by atoms with E-state index in [0.29, 0.717) is 14.5 Å². The molecule has 2 aromatic rings. The Hall–Kier alpha value is -0.271. The average molecular weight is 292 g/mol. The molecule has 0 saturated carbocycles. The van der Waals surface area contributed by atoms with E-state index in [1.165, 1.54) is 16.8 Å². The summed E-state index contributed by atoms with van der Waals surface area (Å²) in [5.41, 5.74) is 0. The minimum atomic E-state index is -0.168. The van der Waals surface area contributed by atoms with Gasteiger partial charge in [-0.15, -0.1) is 0 Å². The number of fused-ring (bicyclic) bond motifs is 1. The number of hydrogen-bond acceptors (Lipinski definition) is 2. The summed E-state index contributed by atoms with van der Waals surface area (Å²) in [6.45, 7) is 0. The Bertz CT molecular complexity index is 385. The van der Waals surface area contributed by atoms with Gasteiger partial charge in [-0.1, -0.05) is 0 Å². The van der Waals surface area contributed by atoms with Crippen LogP contribution in [0.4, 0.5) is 0 Å². The minimum absolute atomic E-state index is 0.168.